The van der Waals surface area contributed by atoms with E-state index >= 15 is 0 Å². The summed E-state index contributed by atoms with van der Waals surface area (Å²) in [4.78, 5) is 11.6. The Morgan fingerprint density at radius 1 is 0.941 bits per heavy atom. The number of hydrogen-bond acceptors (Lipinski definition) is 2. The summed E-state index contributed by atoms with van der Waals surface area (Å²) in [6.07, 6.45) is 0. The number of methoxy groups -OCH3 is 1. The number of benzene rings is 1. The Labute approximate surface area is 101 Å². The summed E-state index contributed by atoms with van der Waals surface area (Å²) in [7, 11) is 1.50. The van der Waals surface area contributed by atoms with Crippen LogP contribution in [0, 0.1) is 6.92 Å². The minimum absolute atomic E-state index is 0.104. The van der Waals surface area contributed by atoms with Gasteiger partial charge in [-0.2, -0.15) is 0 Å². The fourth-order valence-corrected chi connectivity index (χ4v) is 1.80. The zero-order valence-electron chi connectivity index (χ0n) is 9.94. The van der Waals surface area contributed by atoms with Gasteiger partial charge in [-0.15, -0.1) is 0 Å². The summed E-state index contributed by atoms with van der Waals surface area (Å²) in [5, 5.41) is 0. The zero-order chi connectivity index (χ0) is 12.3. The standard InChI is InChI=1S/C15H14O2/c1-11-5-3-4-6-13(11)12-7-9-14(16)15(17-2)10-8-12/h3-10H,1-2H3. The molecule has 0 amide bonds. The molecule has 0 bridgehead atoms. The Morgan fingerprint density at radius 2 is 1.65 bits per heavy atom. The van der Waals surface area contributed by atoms with Gasteiger partial charge in [0, 0.05) is 0 Å². The Balaban J connectivity index is 2.59. The van der Waals surface area contributed by atoms with Gasteiger partial charge in [0.2, 0.25) is 5.43 Å². The van der Waals surface area contributed by atoms with E-state index in [9.17, 15) is 4.79 Å². The van der Waals surface area contributed by atoms with Crippen molar-refractivity contribution >= 4 is 0 Å². The fraction of sp³-hybridized carbons (Fsp3) is 0.133. The number of hydrogen-bond donors (Lipinski definition) is 0. The Kier molecular flexibility index (Phi) is 3.24. The highest BCUT2D eigenvalue weighted by atomic mass is 16.5. The van der Waals surface area contributed by atoms with Gasteiger partial charge in [-0.25, -0.2) is 0 Å². The maximum Gasteiger partial charge on any atom is 0.220 e. The zero-order valence-corrected chi connectivity index (χ0v) is 9.94. The molecule has 2 heteroatoms. The lowest BCUT2D eigenvalue weighted by molar-refractivity contribution is 0.411. The van der Waals surface area contributed by atoms with Crippen LogP contribution in [0.4, 0.5) is 0 Å². The molecule has 0 saturated carbocycles. The molecule has 0 radical (unpaired) electrons. The number of aryl methyl sites for hydroxylation is 1. The van der Waals surface area contributed by atoms with Crippen LogP contribution in [0.1, 0.15) is 5.56 Å². The van der Waals surface area contributed by atoms with Gasteiger partial charge >= 0.3 is 0 Å². The minimum atomic E-state index is -0.104. The molecule has 0 aliphatic rings. The van der Waals surface area contributed by atoms with Gasteiger partial charge in [-0.3, -0.25) is 4.79 Å². The SMILES string of the molecule is COc1ccc(-c2ccccc2C)ccc1=O. The second-order valence-electron chi connectivity index (χ2n) is 3.87. The van der Waals surface area contributed by atoms with Crippen LogP contribution < -0.4 is 10.2 Å². The van der Waals surface area contributed by atoms with Gasteiger partial charge in [-0.05, 0) is 35.7 Å². The first-order chi connectivity index (χ1) is 8.22. The number of rotatable bonds is 2. The monoisotopic (exact) mass is 226 g/mol. The van der Waals surface area contributed by atoms with E-state index < -0.39 is 0 Å². The summed E-state index contributed by atoms with van der Waals surface area (Å²) in [6, 6.07) is 15.1. The molecule has 0 aromatic heterocycles. The van der Waals surface area contributed by atoms with Gasteiger partial charge < -0.3 is 4.74 Å². The first-order valence-corrected chi connectivity index (χ1v) is 5.47. The Hall–Kier alpha value is -2.09. The lowest BCUT2D eigenvalue weighted by Gasteiger charge is -2.02. The van der Waals surface area contributed by atoms with Crippen LogP contribution in [0.3, 0.4) is 0 Å². The average Bonchev–Trinajstić information content (AvgIpc) is 2.52. The molecule has 0 unspecified atom stereocenters. The van der Waals surface area contributed by atoms with E-state index in [1.165, 1.54) is 12.7 Å². The van der Waals surface area contributed by atoms with Crippen LogP contribution in [-0.2, 0) is 0 Å². The molecule has 0 aliphatic heterocycles. The highest BCUT2D eigenvalue weighted by molar-refractivity contribution is 5.66. The molecule has 0 atom stereocenters. The van der Waals surface area contributed by atoms with Crippen LogP contribution >= 0.6 is 0 Å². The molecule has 0 fully saturated rings. The smallest absolute Gasteiger partial charge is 0.220 e. The first-order valence-electron chi connectivity index (χ1n) is 5.47. The molecular weight excluding hydrogens is 212 g/mol. The molecule has 2 rings (SSSR count). The van der Waals surface area contributed by atoms with Gasteiger partial charge in [0.1, 0.15) is 0 Å². The summed E-state index contributed by atoms with van der Waals surface area (Å²) in [5.41, 5.74) is 3.23. The molecule has 2 nitrogen and oxygen atoms in total. The topological polar surface area (TPSA) is 26.3 Å². The number of ether oxygens (including phenoxy) is 1. The molecule has 86 valence electrons. The molecule has 0 N–H and O–H groups in total. The molecule has 0 aliphatic carbocycles. The normalized spacial score (nSPS) is 10.0. The third kappa shape index (κ3) is 2.36. The lowest BCUT2D eigenvalue weighted by Crippen LogP contribution is -1.98. The van der Waals surface area contributed by atoms with Gasteiger partial charge in [-0.1, -0.05) is 36.4 Å². The molecule has 0 saturated heterocycles. The van der Waals surface area contributed by atoms with Crippen LogP contribution in [0.2, 0.25) is 0 Å². The van der Waals surface area contributed by atoms with Crippen molar-refractivity contribution in [1.82, 2.24) is 0 Å². The maximum absolute atomic E-state index is 11.6. The van der Waals surface area contributed by atoms with Crippen molar-refractivity contribution in [2.45, 2.75) is 6.92 Å². The lowest BCUT2D eigenvalue weighted by atomic mass is 10.0. The second kappa shape index (κ2) is 4.83. The van der Waals surface area contributed by atoms with Crippen LogP contribution in [-0.4, -0.2) is 7.11 Å². The third-order valence-electron chi connectivity index (χ3n) is 2.75. The summed E-state index contributed by atoms with van der Waals surface area (Å²) >= 11 is 0. The highest BCUT2D eigenvalue weighted by Gasteiger charge is 2.01. The molecule has 2 aromatic carbocycles. The van der Waals surface area contributed by atoms with Gasteiger partial charge in [0.05, 0.1) is 7.11 Å². The van der Waals surface area contributed by atoms with Crippen LogP contribution in [0.5, 0.6) is 5.75 Å². The van der Waals surface area contributed by atoms with Crippen molar-refractivity contribution in [1.29, 1.82) is 0 Å². The molecule has 0 heterocycles. The van der Waals surface area contributed by atoms with E-state index in [2.05, 4.69) is 13.0 Å². The van der Waals surface area contributed by atoms with E-state index in [-0.39, 0.29) is 5.43 Å². The predicted octanol–water partition coefficient (Wildman–Crippen LogP) is 3.03. The van der Waals surface area contributed by atoms with Crippen molar-refractivity contribution in [3.05, 3.63) is 64.3 Å². The van der Waals surface area contributed by atoms with E-state index in [0.717, 1.165) is 11.1 Å². The second-order valence-corrected chi connectivity index (χ2v) is 3.87. The minimum Gasteiger partial charge on any atom is -0.493 e. The van der Waals surface area contributed by atoms with Crippen molar-refractivity contribution < 1.29 is 4.74 Å². The Morgan fingerprint density at radius 3 is 2.35 bits per heavy atom. The van der Waals surface area contributed by atoms with E-state index in [1.807, 2.05) is 30.3 Å². The first kappa shape index (κ1) is 11.4. The summed E-state index contributed by atoms with van der Waals surface area (Å²) < 4.78 is 5.01. The van der Waals surface area contributed by atoms with Crippen LogP contribution in [0.15, 0.2) is 53.3 Å². The predicted molar refractivity (Wildman–Crippen MR) is 69.4 cm³/mol. The summed E-state index contributed by atoms with van der Waals surface area (Å²) in [6.45, 7) is 2.05. The van der Waals surface area contributed by atoms with Crippen molar-refractivity contribution in [3.8, 4) is 16.9 Å². The van der Waals surface area contributed by atoms with Crippen molar-refractivity contribution in [2.75, 3.05) is 7.11 Å². The average molecular weight is 226 g/mol. The molecule has 2 aromatic rings. The van der Waals surface area contributed by atoms with E-state index in [4.69, 9.17) is 4.74 Å². The van der Waals surface area contributed by atoms with Gasteiger partial charge in [0.15, 0.2) is 5.75 Å². The van der Waals surface area contributed by atoms with Crippen molar-refractivity contribution in [2.24, 2.45) is 0 Å². The van der Waals surface area contributed by atoms with E-state index in [0.29, 0.717) is 5.75 Å². The summed E-state index contributed by atoms with van der Waals surface area (Å²) in [5.74, 6) is 0.366. The quantitative estimate of drug-likeness (QED) is 0.786. The molecule has 17 heavy (non-hydrogen) atoms. The Bertz CT molecular complexity index is 588. The van der Waals surface area contributed by atoms with Gasteiger partial charge in [0.25, 0.3) is 0 Å². The maximum atomic E-state index is 11.6. The van der Waals surface area contributed by atoms with Crippen LogP contribution in [0.25, 0.3) is 11.1 Å². The fourth-order valence-electron chi connectivity index (χ4n) is 1.80. The largest absolute Gasteiger partial charge is 0.493 e. The molecule has 0 spiro atoms. The third-order valence-corrected chi connectivity index (χ3v) is 2.75. The van der Waals surface area contributed by atoms with Crippen molar-refractivity contribution in [3.63, 3.8) is 0 Å². The highest BCUT2D eigenvalue weighted by Crippen LogP contribution is 2.22. The molecular formula is C15H14O2. The van der Waals surface area contributed by atoms with E-state index in [1.54, 1.807) is 12.1 Å².